The summed E-state index contributed by atoms with van der Waals surface area (Å²) in [5.74, 6) is -0.369. The van der Waals surface area contributed by atoms with Crippen LogP contribution in [0.1, 0.15) is 18.1 Å². The molecular formula is C20H26N2O4S. The average Bonchev–Trinajstić information content (AvgIpc) is 2.63. The van der Waals surface area contributed by atoms with Crippen molar-refractivity contribution in [1.29, 1.82) is 0 Å². The molecule has 0 unspecified atom stereocenters. The normalized spacial score (nSPS) is 12.7. The van der Waals surface area contributed by atoms with Crippen molar-refractivity contribution in [3.8, 4) is 0 Å². The molecule has 1 amide bonds. The number of carbonyl (C=O) groups excluding carboxylic acids is 1. The molecule has 1 N–H and O–H groups in total. The Hall–Kier alpha value is -2.22. The topological polar surface area (TPSA) is 75.7 Å². The van der Waals surface area contributed by atoms with Crippen LogP contribution in [0, 0.1) is 6.92 Å². The Bertz CT molecular complexity index is 836. The maximum absolute atomic E-state index is 13.1. The Kier molecular flexibility index (Phi) is 7.53. The summed E-state index contributed by atoms with van der Waals surface area (Å²) in [5.41, 5.74) is 1.90. The summed E-state index contributed by atoms with van der Waals surface area (Å²) in [7, 11) is -2.26. The SMILES string of the molecule is COC[C@H](C)NC(=O)CN(Cc1ccc(C)cc1)S(=O)(=O)c1ccccc1. The van der Waals surface area contributed by atoms with E-state index in [1.54, 1.807) is 32.2 Å². The molecule has 7 heteroatoms. The van der Waals surface area contributed by atoms with Crippen LogP contribution in [0.5, 0.6) is 0 Å². The van der Waals surface area contributed by atoms with Gasteiger partial charge in [-0.25, -0.2) is 8.42 Å². The van der Waals surface area contributed by atoms with Gasteiger partial charge in [-0.15, -0.1) is 0 Å². The van der Waals surface area contributed by atoms with Crippen molar-refractivity contribution in [2.75, 3.05) is 20.3 Å². The number of ether oxygens (including phenoxy) is 1. The molecule has 0 spiro atoms. The third kappa shape index (κ3) is 6.16. The molecule has 1 atom stereocenters. The number of nitrogens with one attached hydrogen (secondary N) is 1. The average molecular weight is 391 g/mol. The van der Waals surface area contributed by atoms with E-state index < -0.39 is 10.0 Å². The lowest BCUT2D eigenvalue weighted by Gasteiger charge is -2.23. The summed E-state index contributed by atoms with van der Waals surface area (Å²) in [6.07, 6.45) is 0. The fraction of sp³-hybridized carbons (Fsp3) is 0.350. The van der Waals surface area contributed by atoms with E-state index in [1.807, 2.05) is 31.2 Å². The maximum Gasteiger partial charge on any atom is 0.243 e. The van der Waals surface area contributed by atoms with Crippen LogP contribution < -0.4 is 5.32 Å². The van der Waals surface area contributed by atoms with Crippen LogP contribution in [0.4, 0.5) is 0 Å². The summed E-state index contributed by atoms with van der Waals surface area (Å²) < 4.78 is 32.3. The lowest BCUT2D eigenvalue weighted by atomic mass is 10.1. The number of rotatable bonds is 9. The smallest absolute Gasteiger partial charge is 0.243 e. The highest BCUT2D eigenvalue weighted by Gasteiger charge is 2.27. The van der Waals surface area contributed by atoms with Crippen LogP contribution in [-0.2, 0) is 26.1 Å². The van der Waals surface area contributed by atoms with E-state index in [4.69, 9.17) is 4.74 Å². The van der Waals surface area contributed by atoms with Crippen LogP contribution in [0.3, 0.4) is 0 Å². The van der Waals surface area contributed by atoms with Crippen molar-refractivity contribution in [2.24, 2.45) is 0 Å². The Morgan fingerprint density at radius 3 is 2.33 bits per heavy atom. The minimum Gasteiger partial charge on any atom is -0.383 e. The summed E-state index contributed by atoms with van der Waals surface area (Å²) in [5, 5.41) is 2.76. The summed E-state index contributed by atoms with van der Waals surface area (Å²) in [6, 6.07) is 15.5. The van der Waals surface area contributed by atoms with Crippen molar-refractivity contribution >= 4 is 15.9 Å². The van der Waals surface area contributed by atoms with Crippen LogP contribution in [0.15, 0.2) is 59.5 Å². The van der Waals surface area contributed by atoms with Crippen molar-refractivity contribution in [3.63, 3.8) is 0 Å². The van der Waals surface area contributed by atoms with Crippen molar-refractivity contribution < 1.29 is 17.9 Å². The zero-order valence-electron chi connectivity index (χ0n) is 15.9. The summed E-state index contributed by atoms with van der Waals surface area (Å²) in [6.45, 7) is 3.97. The number of nitrogens with zero attached hydrogens (tertiary/aromatic N) is 1. The van der Waals surface area contributed by atoms with Gasteiger partial charge in [-0.3, -0.25) is 4.79 Å². The number of hydrogen-bond acceptors (Lipinski definition) is 4. The molecule has 0 saturated heterocycles. The molecule has 2 aromatic carbocycles. The zero-order chi connectivity index (χ0) is 19.9. The second kappa shape index (κ2) is 9.64. The second-order valence-electron chi connectivity index (χ2n) is 6.50. The monoisotopic (exact) mass is 390 g/mol. The first kappa shape index (κ1) is 21.1. The highest BCUT2D eigenvalue weighted by molar-refractivity contribution is 7.89. The third-order valence-corrected chi connectivity index (χ3v) is 5.81. The summed E-state index contributed by atoms with van der Waals surface area (Å²) in [4.78, 5) is 12.6. The molecule has 2 rings (SSSR count). The molecule has 27 heavy (non-hydrogen) atoms. The van der Waals surface area contributed by atoms with Crippen molar-refractivity contribution in [2.45, 2.75) is 31.3 Å². The number of benzene rings is 2. The molecule has 0 saturated carbocycles. The number of aryl methyl sites for hydroxylation is 1. The largest absolute Gasteiger partial charge is 0.383 e. The predicted molar refractivity (Wildman–Crippen MR) is 105 cm³/mol. The van der Waals surface area contributed by atoms with Gasteiger partial charge in [0, 0.05) is 19.7 Å². The summed E-state index contributed by atoms with van der Waals surface area (Å²) >= 11 is 0. The van der Waals surface area contributed by atoms with Gasteiger partial charge in [0.1, 0.15) is 0 Å². The number of carbonyl (C=O) groups is 1. The van der Waals surface area contributed by atoms with Crippen molar-refractivity contribution in [1.82, 2.24) is 9.62 Å². The molecule has 0 heterocycles. The van der Waals surface area contributed by atoms with Gasteiger partial charge in [-0.05, 0) is 31.5 Å². The number of amides is 1. The predicted octanol–water partition coefficient (Wildman–Crippen LogP) is 2.34. The highest BCUT2D eigenvalue weighted by Crippen LogP contribution is 2.18. The molecule has 0 aromatic heterocycles. The number of sulfonamides is 1. The fourth-order valence-electron chi connectivity index (χ4n) is 2.64. The molecule has 0 aliphatic carbocycles. The standard InChI is InChI=1S/C20H26N2O4S/c1-16-9-11-18(12-10-16)13-22(14-20(23)21-17(2)15-26-3)27(24,25)19-7-5-4-6-8-19/h4-12,17H,13-15H2,1-3H3,(H,21,23)/t17-/m0/s1. The second-order valence-corrected chi connectivity index (χ2v) is 8.43. The molecule has 6 nitrogen and oxygen atoms in total. The molecule has 0 radical (unpaired) electrons. The molecule has 0 bridgehead atoms. The first-order valence-electron chi connectivity index (χ1n) is 8.72. The van der Waals surface area contributed by atoms with Gasteiger partial charge in [0.25, 0.3) is 0 Å². The van der Waals surface area contributed by atoms with Crippen LogP contribution in [0.2, 0.25) is 0 Å². The zero-order valence-corrected chi connectivity index (χ0v) is 16.7. The van der Waals surface area contributed by atoms with Crippen molar-refractivity contribution in [3.05, 3.63) is 65.7 Å². The van der Waals surface area contributed by atoms with E-state index in [-0.39, 0.29) is 29.9 Å². The molecule has 0 aliphatic heterocycles. The van der Waals surface area contributed by atoms with E-state index >= 15 is 0 Å². The lowest BCUT2D eigenvalue weighted by molar-refractivity contribution is -0.122. The molecule has 146 valence electrons. The Morgan fingerprint density at radius 2 is 1.74 bits per heavy atom. The maximum atomic E-state index is 13.1. The van der Waals surface area contributed by atoms with E-state index in [0.29, 0.717) is 6.61 Å². The van der Waals surface area contributed by atoms with E-state index in [9.17, 15) is 13.2 Å². The van der Waals surface area contributed by atoms with Gasteiger partial charge >= 0.3 is 0 Å². The van der Waals surface area contributed by atoms with Crippen LogP contribution >= 0.6 is 0 Å². The lowest BCUT2D eigenvalue weighted by Crippen LogP contribution is -2.44. The number of hydrogen-bond donors (Lipinski definition) is 1. The van der Waals surface area contributed by atoms with E-state index in [0.717, 1.165) is 11.1 Å². The van der Waals surface area contributed by atoms with Gasteiger partial charge in [0.2, 0.25) is 15.9 Å². The quantitative estimate of drug-likeness (QED) is 0.713. The first-order valence-corrected chi connectivity index (χ1v) is 10.2. The van der Waals surface area contributed by atoms with Gasteiger partial charge in [0.05, 0.1) is 18.0 Å². The van der Waals surface area contributed by atoms with Gasteiger partial charge in [-0.1, -0.05) is 48.0 Å². The Labute approximate surface area is 161 Å². The van der Waals surface area contributed by atoms with Gasteiger partial charge in [-0.2, -0.15) is 4.31 Å². The Morgan fingerprint density at radius 1 is 1.11 bits per heavy atom. The van der Waals surface area contributed by atoms with E-state index in [2.05, 4.69) is 5.32 Å². The van der Waals surface area contributed by atoms with Gasteiger partial charge < -0.3 is 10.1 Å². The minimum absolute atomic E-state index is 0.115. The molecule has 0 fully saturated rings. The van der Waals surface area contributed by atoms with Crippen LogP contribution in [0.25, 0.3) is 0 Å². The Balaban J connectivity index is 2.25. The van der Waals surface area contributed by atoms with E-state index in [1.165, 1.54) is 16.4 Å². The third-order valence-electron chi connectivity index (χ3n) is 4.00. The highest BCUT2D eigenvalue weighted by atomic mass is 32.2. The molecule has 0 aliphatic rings. The minimum atomic E-state index is -3.81. The van der Waals surface area contributed by atoms with Gasteiger partial charge in [0.15, 0.2) is 0 Å². The fourth-order valence-corrected chi connectivity index (χ4v) is 4.04. The molecular weight excluding hydrogens is 364 g/mol. The van der Waals surface area contributed by atoms with Crippen LogP contribution in [-0.4, -0.2) is 44.9 Å². The molecule has 2 aromatic rings. The first-order chi connectivity index (χ1) is 12.8. The number of methoxy groups -OCH3 is 1.